The van der Waals surface area contributed by atoms with Gasteiger partial charge < -0.3 is 14.2 Å². The van der Waals surface area contributed by atoms with Crippen LogP contribution < -0.4 is 24.4 Å². The van der Waals surface area contributed by atoms with Gasteiger partial charge in [-0.2, -0.15) is 0 Å². The fourth-order valence-electron chi connectivity index (χ4n) is 4.13. The number of nitrogens with zero attached hydrogens (tertiary/aromatic N) is 2. The molecule has 0 saturated heterocycles. The first-order valence-corrected chi connectivity index (χ1v) is 12.2. The molecule has 182 valence electrons. The standard InChI is InChI=1S/C27H28N2O5S/c1-6-19-22(26(31)33-5)23(17-11-8-7-9-12-17)29-25(30)21(35-27(29)28-19)15-18-13-10-14-20(32-4)24(18)34-16(2)3/h7-16,23H,6H2,1-5H3/b21-15+/t23-/m1/s1. The number of ether oxygens (including phenoxy) is 3. The van der Waals surface area contributed by atoms with E-state index in [1.807, 2.05) is 69.3 Å². The lowest BCUT2D eigenvalue weighted by atomic mass is 9.95. The number of benzene rings is 2. The molecule has 7 nitrogen and oxygen atoms in total. The minimum absolute atomic E-state index is 0.0764. The van der Waals surface area contributed by atoms with E-state index < -0.39 is 12.0 Å². The average molecular weight is 493 g/mol. The van der Waals surface area contributed by atoms with Crippen molar-refractivity contribution in [2.75, 3.05) is 14.2 Å². The number of hydrogen-bond acceptors (Lipinski definition) is 7. The second-order valence-electron chi connectivity index (χ2n) is 8.24. The number of carbonyl (C=O) groups excluding carboxylic acids is 1. The highest BCUT2D eigenvalue weighted by Crippen LogP contribution is 2.33. The van der Waals surface area contributed by atoms with Crippen LogP contribution in [0.4, 0.5) is 0 Å². The third kappa shape index (κ3) is 4.66. The Hall–Kier alpha value is -3.65. The van der Waals surface area contributed by atoms with Crippen LogP contribution in [0.5, 0.6) is 11.5 Å². The van der Waals surface area contributed by atoms with E-state index in [2.05, 4.69) is 0 Å². The Labute approximate surface area is 207 Å². The summed E-state index contributed by atoms with van der Waals surface area (Å²) in [4.78, 5) is 31.9. The topological polar surface area (TPSA) is 79.1 Å². The van der Waals surface area contributed by atoms with Gasteiger partial charge in [0.15, 0.2) is 16.3 Å². The van der Waals surface area contributed by atoms with Crippen molar-refractivity contribution in [3.8, 4) is 11.5 Å². The van der Waals surface area contributed by atoms with Crippen molar-refractivity contribution in [2.24, 2.45) is 4.99 Å². The second-order valence-corrected chi connectivity index (χ2v) is 9.25. The predicted molar refractivity (Wildman–Crippen MR) is 136 cm³/mol. The zero-order chi connectivity index (χ0) is 25.1. The van der Waals surface area contributed by atoms with Gasteiger partial charge >= 0.3 is 5.97 Å². The summed E-state index contributed by atoms with van der Waals surface area (Å²) in [5, 5.41) is 0. The Morgan fingerprint density at radius 3 is 2.51 bits per heavy atom. The quantitative estimate of drug-likeness (QED) is 0.471. The Kier molecular flexibility index (Phi) is 7.21. The number of fused-ring (bicyclic) bond motifs is 1. The van der Waals surface area contributed by atoms with Crippen molar-refractivity contribution in [3.63, 3.8) is 0 Å². The van der Waals surface area contributed by atoms with Crippen LogP contribution in [0.1, 0.15) is 44.4 Å². The molecule has 0 unspecified atom stereocenters. The zero-order valence-electron chi connectivity index (χ0n) is 20.4. The Morgan fingerprint density at radius 2 is 1.89 bits per heavy atom. The lowest BCUT2D eigenvalue weighted by Gasteiger charge is -2.25. The molecule has 8 heteroatoms. The van der Waals surface area contributed by atoms with Gasteiger partial charge in [0.2, 0.25) is 0 Å². The maximum atomic E-state index is 13.8. The molecule has 0 aliphatic carbocycles. The number of rotatable bonds is 7. The molecular formula is C27H28N2O5S. The summed E-state index contributed by atoms with van der Waals surface area (Å²) in [5.74, 6) is 0.665. The van der Waals surface area contributed by atoms with Crippen molar-refractivity contribution >= 4 is 23.4 Å². The first-order chi connectivity index (χ1) is 16.9. The summed E-state index contributed by atoms with van der Waals surface area (Å²) in [6.45, 7) is 5.80. The summed E-state index contributed by atoms with van der Waals surface area (Å²) < 4.78 is 18.7. The van der Waals surface area contributed by atoms with Crippen molar-refractivity contribution in [2.45, 2.75) is 39.3 Å². The minimum atomic E-state index is -0.631. The number of aromatic nitrogens is 1. The molecule has 1 aliphatic rings. The molecular weight excluding hydrogens is 464 g/mol. The highest BCUT2D eigenvalue weighted by atomic mass is 32.1. The largest absolute Gasteiger partial charge is 0.493 e. The molecule has 0 saturated carbocycles. The van der Waals surface area contributed by atoms with Crippen LogP contribution in [0.25, 0.3) is 6.08 Å². The Morgan fingerprint density at radius 1 is 1.14 bits per heavy atom. The van der Waals surface area contributed by atoms with E-state index in [1.54, 1.807) is 17.8 Å². The molecule has 1 aromatic heterocycles. The molecule has 1 aliphatic heterocycles. The lowest BCUT2D eigenvalue weighted by molar-refractivity contribution is -0.136. The van der Waals surface area contributed by atoms with Gasteiger partial charge in [0.05, 0.1) is 42.2 Å². The van der Waals surface area contributed by atoms with E-state index in [-0.39, 0.29) is 11.7 Å². The van der Waals surface area contributed by atoms with E-state index in [4.69, 9.17) is 19.2 Å². The molecule has 0 bridgehead atoms. The van der Waals surface area contributed by atoms with Crippen LogP contribution >= 0.6 is 11.3 Å². The summed E-state index contributed by atoms with van der Waals surface area (Å²) in [7, 11) is 2.93. The van der Waals surface area contributed by atoms with Gasteiger partial charge in [0.1, 0.15) is 0 Å². The summed E-state index contributed by atoms with van der Waals surface area (Å²) >= 11 is 1.28. The maximum absolute atomic E-state index is 13.8. The Balaban J connectivity index is 1.99. The minimum Gasteiger partial charge on any atom is -0.493 e. The average Bonchev–Trinajstić information content (AvgIpc) is 3.18. The summed E-state index contributed by atoms with van der Waals surface area (Å²) in [5.41, 5.74) is 2.29. The van der Waals surface area contributed by atoms with Crippen LogP contribution in [-0.4, -0.2) is 30.9 Å². The van der Waals surface area contributed by atoms with Crippen LogP contribution in [0.2, 0.25) is 0 Å². The fourth-order valence-corrected chi connectivity index (χ4v) is 5.14. The number of thiazole rings is 1. The van der Waals surface area contributed by atoms with Gasteiger partial charge in [-0.1, -0.05) is 60.7 Å². The smallest absolute Gasteiger partial charge is 0.338 e. The molecule has 0 amide bonds. The van der Waals surface area contributed by atoms with Gasteiger partial charge in [-0.05, 0) is 38.0 Å². The fraction of sp³-hybridized carbons (Fsp3) is 0.296. The molecule has 3 aromatic rings. The molecule has 2 heterocycles. The van der Waals surface area contributed by atoms with Gasteiger partial charge in [0, 0.05) is 5.56 Å². The first-order valence-electron chi connectivity index (χ1n) is 11.4. The molecule has 0 spiro atoms. The zero-order valence-corrected chi connectivity index (χ0v) is 21.2. The van der Waals surface area contributed by atoms with Crippen LogP contribution in [-0.2, 0) is 9.53 Å². The number of carbonyl (C=O) groups is 1. The van der Waals surface area contributed by atoms with Gasteiger partial charge in [-0.15, -0.1) is 0 Å². The van der Waals surface area contributed by atoms with Gasteiger partial charge in [-0.3, -0.25) is 9.36 Å². The van der Waals surface area contributed by atoms with Crippen LogP contribution in [0.3, 0.4) is 0 Å². The molecule has 0 N–H and O–H groups in total. The third-order valence-corrected chi connectivity index (χ3v) is 6.62. The number of esters is 1. The van der Waals surface area contributed by atoms with E-state index in [1.165, 1.54) is 18.4 Å². The highest BCUT2D eigenvalue weighted by molar-refractivity contribution is 7.07. The van der Waals surface area contributed by atoms with Gasteiger partial charge in [0.25, 0.3) is 5.56 Å². The summed E-state index contributed by atoms with van der Waals surface area (Å²) in [6.07, 6.45) is 2.24. The lowest BCUT2D eigenvalue weighted by Crippen LogP contribution is -2.40. The molecule has 35 heavy (non-hydrogen) atoms. The van der Waals surface area contributed by atoms with Crippen molar-refractivity contribution < 1.29 is 19.0 Å². The maximum Gasteiger partial charge on any atom is 0.338 e. The number of allylic oxidation sites excluding steroid dienone is 1. The highest BCUT2D eigenvalue weighted by Gasteiger charge is 2.33. The summed E-state index contributed by atoms with van der Waals surface area (Å²) in [6, 6.07) is 14.4. The normalized spacial score (nSPS) is 15.6. The third-order valence-electron chi connectivity index (χ3n) is 5.63. The van der Waals surface area contributed by atoms with Crippen LogP contribution in [0.15, 0.2) is 69.6 Å². The van der Waals surface area contributed by atoms with Crippen LogP contribution in [0, 0.1) is 0 Å². The molecule has 1 atom stereocenters. The Bertz CT molecular complexity index is 1450. The number of methoxy groups -OCH3 is 2. The van der Waals surface area contributed by atoms with Crippen molar-refractivity contribution in [1.82, 2.24) is 4.57 Å². The molecule has 4 rings (SSSR count). The molecule has 0 fully saturated rings. The SMILES string of the molecule is CCC1=C(C(=O)OC)[C@@H](c2ccccc2)n2c(s/c(=C/c3cccc(OC)c3OC(C)C)c2=O)=N1. The van der Waals surface area contributed by atoms with E-state index >= 15 is 0 Å². The van der Waals surface area contributed by atoms with Crippen molar-refractivity contribution in [3.05, 3.63) is 90.6 Å². The first kappa shape index (κ1) is 24.5. The van der Waals surface area contributed by atoms with E-state index in [0.29, 0.717) is 38.5 Å². The monoisotopic (exact) mass is 492 g/mol. The molecule has 2 aromatic carbocycles. The van der Waals surface area contributed by atoms with E-state index in [9.17, 15) is 9.59 Å². The molecule has 0 radical (unpaired) electrons. The number of hydrogen-bond donors (Lipinski definition) is 0. The number of para-hydroxylation sites is 1. The van der Waals surface area contributed by atoms with Gasteiger partial charge in [-0.25, -0.2) is 9.79 Å². The van der Waals surface area contributed by atoms with E-state index in [0.717, 1.165) is 11.1 Å². The second kappa shape index (κ2) is 10.3. The predicted octanol–water partition coefficient (Wildman–Crippen LogP) is 3.59. The van der Waals surface area contributed by atoms with Crippen molar-refractivity contribution in [1.29, 1.82) is 0 Å².